The van der Waals surface area contributed by atoms with Crippen molar-refractivity contribution in [2.75, 3.05) is 67.0 Å². The summed E-state index contributed by atoms with van der Waals surface area (Å²) in [5.41, 5.74) is 5.18. The summed E-state index contributed by atoms with van der Waals surface area (Å²) in [5, 5.41) is 17.0. The molecule has 3 N–H and O–H groups in total. The van der Waals surface area contributed by atoms with Crippen molar-refractivity contribution >= 4 is 46.2 Å². The van der Waals surface area contributed by atoms with Crippen LogP contribution >= 0.6 is 11.6 Å². The number of benzene rings is 3. The van der Waals surface area contributed by atoms with Crippen LogP contribution in [0.2, 0.25) is 5.02 Å². The van der Waals surface area contributed by atoms with Crippen LogP contribution in [0.15, 0.2) is 59.1 Å². The van der Waals surface area contributed by atoms with Crippen LogP contribution in [0.4, 0.5) is 27.1 Å². The van der Waals surface area contributed by atoms with Gasteiger partial charge >= 0.3 is 0 Å². The molecular weight excluding hydrogens is 603 g/mol. The van der Waals surface area contributed by atoms with Gasteiger partial charge in [-0.1, -0.05) is 28.9 Å². The van der Waals surface area contributed by atoms with Gasteiger partial charge in [-0.25, -0.2) is 4.39 Å². The third kappa shape index (κ3) is 5.86. The van der Waals surface area contributed by atoms with Gasteiger partial charge in [0.2, 0.25) is 0 Å². The van der Waals surface area contributed by atoms with Crippen molar-refractivity contribution < 1.29 is 28.4 Å². The molecule has 2 saturated heterocycles. The minimum atomic E-state index is -0.542. The van der Waals surface area contributed by atoms with Crippen LogP contribution in [0.25, 0.3) is 11.3 Å². The number of ether oxygens (including phenoxy) is 1. The maximum atomic E-state index is 14.7. The molecule has 0 aliphatic carbocycles. The molecule has 1 aromatic heterocycles. The number of hydrogen-bond acceptors (Lipinski definition) is 9. The summed E-state index contributed by atoms with van der Waals surface area (Å²) in [6.45, 7) is 4.94. The SMILES string of the molecule is COc1ccccc1-c1noc(C)c1C(=O)N1CCN(c2cc(NC(=O)c3ccc(N4CCC4)c(F)c3)c(NO)cc2Cl)CC1. The number of aromatic nitrogens is 1. The Morgan fingerprint density at radius 1 is 0.978 bits per heavy atom. The Morgan fingerprint density at radius 2 is 1.71 bits per heavy atom. The summed E-state index contributed by atoms with van der Waals surface area (Å²) in [6, 6.07) is 14.8. The number of amides is 2. The topological polar surface area (TPSA) is 123 Å². The number of methoxy groups -OCH3 is 1. The molecule has 0 atom stereocenters. The summed E-state index contributed by atoms with van der Waals surface area (Å²) in [4.78, 5) is 32.4. The number of para-hydroxylation sites is 1. The highest BCUT2D eigenvalue weighted by Crippen LogP contribution is 2.37. The number of halogens is 2. The molecule has 6 rings (SSSR count). The van der Waals surface area contributed by atoms with Crippen LogP contribution in [-0.4, -0.2) is 73.5 Å². The predicted molar refractivity (Wildman–Crippen MR) is 169 cm³/mol. The molecule has 0 unspecified atom stereocenters. The summed E-state index contributed by atoms with van der Waals surface area (Å²) in [6.07, 6.45) is 1.01. The van der Waals surface area contributed by atoms with Crippen molar-refractivity contribution in [3.63, 3.8) is 0 Å². The van der Waals surface area contributed by atoms with Gasteiger partial charge in [-0.2, -0.15) is 0 Å². The van der Waals surface area contributed by atoms with Crippen LogP contribution in [0, 0.1) is 12.7 Å². The zero-order valence-electron chi connectivity index (χ0n) is 24.8. The molecular formula is C32H32ClFN6O5. The number of rotatable bonds is 8. The predicted octanol–water partition coefficient (Wildman–Crippen LogP) is 5.68. The maximum Gasteiger partial charge on any atom is 0.259 e. The second-order valence-electron chi connectivity index (χ2n) is 10.9. The lowest BCUT2D eigenvalue weighted by Crippen LogP contribution is -2.49. The molecule has 3 aromatic carbocycles. The first-order valence-electron chi connectivity index (χ1n) is 14.5. The highest BCUT2D eigenvalue weighted by atomic mass is 35.5. The van der Waals surface area contributed by atoms with E-state index in [0.717, 1.165) is 19.5 Å². The van der Waals surface area contributed by atoms with Crippen LogP contribution in [0.1, 0.15) is 32.9 Å². The lowest BCUT2D eigenvalue weighted by Gasteiger charge is -2.36. The van der Waals surface area contributed by atoms with E-state index in [1.54, 1.807) is 43.2 Å². The summed E-state index contributed by atoms with van der Waals surface area (Å²) in [7, 11) is 1.56. The number of carbonyl (C=O) groups excluding carboxylic acids is 2. The number of nitrogens with one attached hydrogen (secondary N) is 2. The molecule has 3 heterocycles. The van der Waals surface area contributed by atoms with Gasteiger partial charge in [0.05, 0.1) is 34.9 Å². The van der Waals surface area contributed by atoms with Crippen molar-refractivity contribution in [3.8, 4) is 17.0 Å². The van der Waals surface area contributed by atoms with Gasteiger partial charge < -0.3 is 29.3 Å². The van der Waals surface area contributed by atoms with Crippen molar-refractivity contribution in [1.29, 1.82) is 0 Å². The average molecular weight is 635 g/mol. The average Bonchev–Trinajstić information content (AvgIpc) is 3.42. The molecule has 2 aliphatic rings. The summed E-state index contributed by atoms with van der Waals surface area (Å²) < 4.78 is 25.6. The molecule has 0 spiro atoms. The number of anilines is 4. The highest BCUT2D eigenvalue weighted by molar-refractivity contribution is 6.34. The second kappa shape index (κ2) is 12.7. The minimum Gasteiger partial charge on any atom is -0.496 e. The van der Waals surface area contributed by atoms with Crippen molar-refractivity contribution in [3.05, 3.63) is 82.3 Å². The minimum absolute atomic E-state index is 0.140. The van der Waals surface area contributed by atoms with Crippen molar-refractivity contribution in [2.45, 2.75) is 13.3 Å². The molecule has 13 heteroatoms. The van der Waals surface area contributed by atoms with Crippen LogP contribution < -0.4 is 25.3 Å². The van der Waals surface area contributed by atoms with E-state index in [4.69, 9.17) is 20.9 Å². The van der Waals surface area contributed by atoms with E-state index in [0.29, 0.717) is 70.9 Å². The fourth-order valence-corrected chi connectivity index (χ4v) is 5.90. The van der Waals surface area contributed by atoms with E-state index < -0.39 is 11.7 Å². The molecule has 2 aliphatic heterocycles. The van der Waals surface area contributed by atoms with E-state index in [1.165, 1.54) is 12.1 Å². The molecule has 0 radical (unpaired) electrons. The Balaban J connectivity index is 1.17. The summed E-state index contributed by atoms with van der Waals surface area (Å²) in [5.74, 6) is -0.228. The second-order valence-corrected chi connectivity index (χ2v) is 11.3. The number of hydrogen-bond donors (Lipinski definition) is 3. The van der Waals surface area contributed by atoms with Crippen molar-refractivity contribution in [1.82, 2.24) is 10.1 Å². The fraction of sp³-hybridized carbons (Fsp3) is 0.281. The van der Waals surface area contributed by atoms with Gasteiger partial charge in [0.1, 0.15) is 28.6 Å². The monoisotopic (exact) mass is 634 g/mol. The van der Waals surface area contributed by atoms with Gasteiger partial charge in [0, 0.05) is 50.4 Å². The molecule has 4 aromatic rings. The Hall–Kier alpha value is -4.81. The Kier molecular flexibility index (Phi) is 8.50. The Morgan fingerprint density at radius 3 is 2.38 bits per heavy atom. The maximum absolute atomic E-state index is 14.7. The number of aryl methyl sites for hydroxylation is 1. The van der Waals surface area contributed by atoms with Gasteiger partial charge in [0.15, 0.2) is 0 Å². The molecule has 11 nitrogen and oxygen atoms in total. The highest BCUT2D eigenvalue weighted by Gasteiger charge is 2.30. The Bertz CT molecular complexity index is 1750. The number of piperazine rings is 1. The number of nitrogens with zero attached hydrogens (tertiary/aromatic N) is 4. The molecule has 2 amide bonds. The van der Waals surface area contributed by atoms with E-state index in [-0.39, 0.29) is 22.8 Å². The first-order valence-corrected chi connectivity index (χ1v) is 14.9. The van der Waals surface area contributed by atoms with Crippen LogP contribution in [-0.2, 0) is 0 Å². The van der Waals surface area contributed by atoms with E-state index in [1.807, 2.05) is 28.0 Å². The third-order valence-corrected chi connectivity index (χ3v) is 8.51. The molecule has 0 saturated carbocycles. The third-order valence-electron chi connectivity index (χ3n) is 8.21. The summed E-state index contributed by atoms with van der Waals surface area (Å²) >= 11 is 6.60. The van der Waals surface area contributed by atoms with Crippen LogP contribution in [0.3, 0.4) is 0 Å². The Labute approximate surface area is 264 Å². The van der Waals surface area contributed by atoms with Gasteiger partial charge in [-0.3, -0.25) is 20.3 Å². The zero-order valence-corrected chi connectivity index (χ0v) is 25.5. The molecule has 2 fully saturated rings. The fourth-order valence-electron chi connectivity index (χ4n) is 5.61. The standard InChI is InChI=1S/C32H32ClFN6O5/c1-19-29(30(37-45-19)21-6-3-4-7-28(21)44-2)32(42)40-14-12-39(13-15-40)27-18-24(25(36-43)17-22(27)33)35-31(41)20-8-9-26(23(34)16-20)38-10-5-11-38/h3-4,6-9,16-18,36,43H,5,10-15H2,1-2H3,(H,35,41). The largest absolute Gasteiger partial charge is 0.496 e. The smallest absolute Gasteiger partial charge is 0.259 e. The van der Waals surface area contributed by atoms with Crippen molar-refractivity contribution in [2.24, 2.45) is 0 Å². The molecule has 234 valence electrons. The molecule has 0 bridgehead atoms. The molecule has 45 heavy (non-hydrogen) atoms. The first kappa shape index (κ1) is 30.2. The van der Waals surface area contributed by atoms with Crippen LogP contribution in [0.5, 0.6) is 5.75 Å². The zero-order chi connectivity index (χ0) is 31.7. The first-order chi connectivity index (χ1) is 21.8. The van der Waals surface area contributed by atoms with E-state index in [2.05, 4.69) is 16.0 Å². The quantitative estimate of drug-likeness (QED) is 0.210. The lowest BCUT2D eigenvalue weighted by atomic mass is 10.0. The van der Waals surface area contributed by atoms with Gasteiger partial charge in [0.25, 0.3) is 11.8 Å². The van der Waals surface area contributed by atoms with E-state index in [9.17, 15) is 19.2 Å². The van der Waals surface area contributed by atoms with E-state index >= 15 is 0 Å². The lowest BCUT2D eigenvalue weighted by molar-refractivity contribution is 0.0745. The number of carbonyl (C=O) groups is 2. The van der Waals surface area contributed by atoms with Gasteiger partial charge in [-0.05, 0) is 55.8 Å². The normalized spacial score (nSPS) is 14.6. The van der Waals surface area contributed by atoms with Gasteiger partial charge in [-0.15, -0.1) is 0 Å².